The van der Waals surface area contributed by atoms with Crippen LogP contribution in [0, 0.1) is 12.8 Å². The molecule has 1 aromatic carbocycles. The Kier molecular flexibility index (Phi) is 5.90. The minimum absolute atomic E-state index is 0.00242. The summed E-state index contributed by atoms with van der Waals surface area (Å²) in [5.74, 6) is 0.204. The minimum Gasteiger partial charge on any atom is -0.378 e. The second-order valence-corrected chi connectivity index (χ2v) is 7.77. The number of nitrogens with zero attached hydrogens (tertiary/aromatic N) is 3. The first-order chi connectivity index (χ1) is 14.1. The van der Waals surface area contributed by atoms with E-state index in [9.17, 15) is 9.59 Å². The smallest absolute Gasteiger partial charge is 0.256 e. The molecule has 2 fully saturated rings. The number of hydrogen-bond donors (Lipinski definition) is 0. The number of aryl methyl sites for hydroxylation is 1. The van der Waals surface area contributed by atoms with Crippen molar-refractivity contribution in [3.05, 3.63) is 53.7 Å². The van der Waals surface area contributed by atoms with E-state index >= 15 is 0 Å². The normalized spacial score (nSPS) is 18.0. The Morgan fingerprint density at radius 3 is 2.34 bits per heavy atom. The Morgan fingerprint density at radius 1 is 0.966 bits per heavy atom. The van der Waals surface area contributed by atoms with Crippen LogP contribution in [0.5, 0.6) is 0 Å². The highest BCUT2D eigenvalue weighted by Gasteiger charge is 2.31. The molecule has 4 rings (SSSR count). The van der Waals surface area contributed by atoms with E-state index in [0.717, 1.165) is 5.56 Å². The van der Waals surface area contributed by atoms with E-state index < -0.39 is 0 Å². The average Bonchev–Trinajstić information content (AvgIpc) is 2.79. The summed E-state index contributed by atoms with van der Waals surface area (Å²) in [4.78, 5) is 34.2. The predicted molar refractivity (Wildman–Crippen MR) is 110 cm³/mol. The maximum Gasteiger partial charge on any atom is 0.256 e. The van der Waals surface area contributed by atoms with Crippen LogP contribution in [0.2, 0.25) is 0 Å². The zero-order valence-electron chi connectivity index (χ0n) is 16.8. The van der Waals surface area contributed by atoms with Crippen molar-refractivity contribution in [1.29, 1.82) is 0 Å². The number of carbonyl (C=O) groups is 2. The molecule has 0 bridgehead atoms. The molecule has 0 N–H and O–H groups in total. The molecule has 3 heterocycles. The first kappa shape index (κ1) is 19.6. The maximum atomic E-state index is 13.2. The number of aromatic nitrogens is 1. The summed E-state index contributed by atoms with van der Waals surface area (Å²) in [5.41, 5.74) is 3.44. The van der Waals surface area contributed by atoms with E-state index in [-0.39, 0.29) is 17.7 Å². The molecular formula is C23H27N3O3. The van der Waals surface area contributed by atoms with Crippen LogP contribution in [0.4, 0.5) is 0 Å². The third kappa shape index (κ3) is 4.32. The van der Waals surface area contributed by atoms with Gasteiger partial charge in [-0.25, -0.2) is 0 Å². The number of pyridine rings is 1. The van der Waals surface area contributed by atoms with E-state index in [1.54, 1.807) is 12.3 Å². The van der Waals surface area contributed by atoms with Gasteiger partial charge in [0.1, 0.15) is 0 Å². The summed E-state index contributed by atoms with van der Waals surface area (Å²) >= 11 is 0. The molecule has 1 aromatic heterocycles. The van der Waals surface area contributed by atoms with Gasteiger partial charge in [0.15, 0.2) is 0 Å². The van der Waals surface area contributed by atoms with E-state index in [4.69, 9.17) is 4.74 Å². The lowest BCUT2D eigenvalue weighted by Gasteiger charge is -2.35. The number of hydrogen-bond acceptors (Lipinski definition) is 4. The Bertz CT molecular complexity index is 867. The zero-order valence-corrected chi connectivity index (χ0v) is 16.8. The van der Waals surface area contributed by atoms with Gasteiger partial charge >= 0.3 is 0 Å². The molecule has 0 spiro atoms. The van der Waals surface area contributed by atoms with Crippen LogP contribution in [0.3, 0.4) is 0 Å². The summed E-state index contributed by atoms with van der Waals surface area (Å²) < 4.78 is 5.34. The van der Waals surface area contributed by atoms with Crippen molar-refractivity contribution in [2.24, 2.45) is 5.92 Å². The van der Waals surface area contributed by atoms with Gasteiger partial charge in [0.05, 0.1) is 24.5 Å². The Labute approximate surface area is 171 Å². The number of likely N-dealkylation sites (tertiary alicyclic amines) is 1. The number of rotatable bonds is 3. The molecule has 0 aliphatic carbocycles. The number of carbonyl (C=O) groups excluding carboxylic acids is 2. The van der Waals surface area contributed by atoms with Crippen LogP contribution in [0.15, 0.2) is 42.6 Å². The van der Waals surface area contributed by atoms with Gasteiger partial charge in [0.25, 0.3) is 5.91 Å². The SMILES string of the molecule is Cc1ccc(-c2ncccc2C(=O)N2CCC(C(=O)N3CCOCC3)CC2)cc1. The molecule has 2 aliphatic rings. The number of piperidine rings is 1. The highest BCUT2D eigenvalue weighted by Crippen LogP contribution is 2.26. The fraction of sp³-hybridized carbons (Fsp3) is 0.435. The Morgan fingerprint density at radius 2 is 1.66 bits per heavy atom. The quantitative estimate of drug-likeness (QED) is 0.805. The third-order valence-electron chi connectivity index (χ3n) is 5.82. The molecule has 2 saturated heterocycles. The summed E-state index contributed by atoms with van der Waals surface area (Å²) in [7, 11) is 0. The Balaban J connectivity index is 1.44. The van der Waals surface area contributed by atoms with E-state index in [1.807, 2.05) is 47.1 Å². The van der Waals surface area contributed by atoms with Crippen molar-refractivity contribution in [2.45, 2.75) is 19.8 Å². The van der Waals surface area contributed by atoms with Gasteiger partial charge in [-0.2, -0.15) is 0 Å². The first-order valence-corrected chi connectivity index (χ1v) is 10.3. The third-order valence-corrected chi connectivity index (χ3v) is 5.82. The van der Waals surface area contributed by atoms with Crippen molar-refractivity contribution >= 4 is 11.8 Å². The maximum absolute atomic E-state index is 13.2. The van der Waals surface area contributed by atoms with Crippen molar-refractivity contribution in [3.8, 4) is 11.3 Å². The molecule has 2 aromatic rings. The molecule has 0 saturated carbocycles. The fourth-order valence-corrected chi connectivity index (χ4v) is 4.06. The largest absolute Gasteiger partial charge is 0.378 e. The molecule has 152 valence electrons. The number of benzene rings is 1. The van der Waals surface area contributed by atoms with Gasteiger partial charge in [0, 0.05) is 43.9 Å². The fourth-order valence-electron chi connectivity index (χ4n) is 4.06. The van der Waals surface area contributed by atoms with Gasteiger partial charge in [-0.05, 0) is 31.9 Å². The lowest BCUT2D eigenvalue weighted by molar-refractivity contribution is -0.141. The predicted octanol–water partition coefficient (Wildman–Crippen LogP) is 2.77. The van der Waals surface area contributed by atoms with Crippen LogP contribution in [0.1, 0.15) is 28.8 Å². The molecule has 6 heteroatoms. The standard InChI is InChI=1S/C23H27N3O3/c1-17-4-6-18(7-5-17)21-20(3-2-10-24-21)23(28)25-11-8-19(9-12-25)22(27)26-13-15-29-16-14-26/h2-7,10,19H,8-9,11-16H2,1H3. The summed E-state index contributed by atoms with van der Waals surface area (Å²) in [6.45, 7) is 5.82. The molecule has 0 atom stereocenters. The van der Waals surface area contributed by atoms with Gasteiger partial charge in [0.2, 0.25) is 5.91 Å². The van der Waals surface area contributed by atoms with Crippen molar-refractivity contribution in [3.63, 3.8) is 0 Å². The van der Waals surface area contributed by atoms with Crippen molar-refractivity contribution in [1.82, 2.24) is 14.8 Å². The van der Waals surface area contributed by atoms with Crippen LogP contribution in [-0.2, 0) is 9.53 Å². The topological polar surface area (TPSA) is 62.7 Å². The average molecular weight is 393 g/mol. The molecule has 2 aliphatic heterocycles. The molecule has 29 heavy (non-hydrogen) atoms. The van der Waals surface area contributed by atoms with Gasteiger partial charge in [-0.1, -0.05) is 29.8 Å². The zero-order chi connectivity index (χ0) is 20.2. The van der Waals surface area contributed by atoms with Gasteiger partial charge in [-0.15, -0.1) is 0 Å². The Hall–Kier alpha value is -2.73. The first-order valence-electron chi connectivity index (χ1n) is 10.3. The molecule has 2 amide bonds. The lowest BCUT2D eigenvalue weighted by atomic mass is 9.94. The second-order valence-electron chi connectivity index (χ2n) is 7.77. The van der Waals surface area contributed by atoms with Gasteiger partial charge in [-0.3, -0.25) is 14.6 Å². The van der Waals surface area contributed by atoms with Crippen molar-refractivity contribution in [2.75, 3.05) is 39.4 Å². The summed E-state index contributed by atoms with van der Waals surface area (Å²) in [6, 6.07) is 11.7. The van der Waals surface area contributed by atoms with E-state index in [0.29, 0.717) is 63.5 Å². The highest BCUT2D eigenvalue weighted by molar-refractivity contribution is 6.00. The van der Waals surface area contributed by atoms with E-state index in [2.05, 4.69) is 4.98 Å². The van der Waals surface area contributed by atoms with Crippen molar-refractivity contribution < 1.29 is 14.3 Å². The summed E-state index contributed by atoms with van der Waals surface area (Å²) in [6.07, 6.45) is 3.14. The number of morpholine rings is 1. The highest BCUT2D eigenvalue weighted by atomic mass is 16.5. The summed E-state index contributed by atoms with van der Waals surface area (Å²) in [5, 5.41) is 0. The minimum atomic E-state index is -0.00838. The van der Waals surface area contributed by atoms with Crippen LogP contribution < -0.4 is 0 Å². The molecule has 0 radical (unpaired) electrons. The number of amides is 2. The monoisotopic (exact) mass is 393 g/mol. The molecular weight excluding hydrogens is 366 g/mol. The van der Waals surface area contributed by atoms with Crippen LogP contribution in [0.25, 0.3) is 11.3 Å². The lowest BCUT2D eigenvalue weighted by Crippen LogP contribution is -2.47. The molecule has 6 nitrogen and oxygen atoms in total. The second kappa shape index (κ2) is 8.74. The van der Waals surface area contributed by atoms with E-state index in [1.165, 1.54) is 5.56 Å². The van der Waals surface area contributed by atoms with Crippen LogP contribution >= 0.6 is 0 Å². The number of ether oxygens (including phenoxy) is 1. The molecule has 0 unspecified atom stereocenters. The van der Waals surface area contributed by atoms with Crippen LogP contribution in [-0.4, -0.2) is 66.0 Å². The van der Waals surface area contributed by atoms with Gasteiger partial charge < -0.3 is 14.5 Å².